The molecule has 2 aromatic heterocycles. The van der Waals surface area contributed by atoms with E-state index in [2.05, 4.69) is 4.98 Å². The van der Waals surface area contributed by atoms with Gasteiger partial charge in [-0.15, -0.1) is 12.4 Å². The third-order valence-corrected chi connectivity index (χ3v) is 3.15. The number of Topliss-reactive ketones (excluding diaryl/α,β-unsaturated/α-hetero) is 1. The fourth-order valence-corrected chi connectivity index (χ4v) is 2.42. The molecule has 3 rings (SSSR count). The number of fused-ring (bicyclic) bond motifs is 3. The van der Waals surface area contributed by atoms with Crippen molar-refractivity contribution in [3.8, 4) is 0 Å². The van der Waals surface area contributed by atoms with Crippen LogP contribution in [0.4, 0.5) is 0 Å². The Kier molecular flexibility index (Phi) is 2.91. The average molecular weight is 264 g/mol. The number of aryl methyl sites for hydroxylation is 2. The number of hydrogen-bond donors (Lipinski definition) is 0. The maximum Gasteiger partial charge on any atom is 0.215 e. The summed E-state index contributed by atoms with van der Waals surface area (Å²) in [5.74, 6) is 0.861. The fraction of sp³-hybridized carbons (Fsp3) is 0.231. The van der Waals surface area contributed by atoms with E-state index in [0.29, 0.717) is 5.69 Å². The SMILES string of the molecule is CC(=O)c1c(C)nc2n(C)c3ccccc3n12.Cl. The lowest BCUT2D eigenvalue weighted by Crippen LogP contribution is -1.99. The summed E-state index contributed by atoms with van der Waals surface area (Å²) >= 11 is 0. The minimum atomic E-state index is 0. The number of carbonyl (C=O) groups excluding carboxylic acids is 1. The Balaban J connectivity index is 0.00000120. The summed E-state index contributed by atoms with van der Waals surface area (Å²) in [7, 11) is 1.97. The molecule has 1 aromatic carbocycles. The molecule has 0 spiro atoms. The molecule has 0 bridgehead atoms. The van der Waals surface area contributed by atoms with Crippen molar-refractivity contribution in [3.05, 3.63) is 35.7 Å². The van der Waals surface area contributed by atoms with E-state index in [1.165, 1.54) is 0 Å². The molecule has 18 heavy (non-hydrogen) atoms. The van der Waals surface area contributed by atoms with Gasteiger partial charge in [0.2, 0.25) is 5.78 Å². The first-order chi connectivity index (χ1) is 8.11. The van der Waals surface area contributed by atoms with Crippen molar-refractivity contribution in [3.63, 3.8) is 0 Å². The van der Waals surface area contributed by atoms with E-state index in [1.807, 2.05) is 47.2 Å². The van der Waals surface area contributed by atoms with E-state index in [4.69, 9.17) is 0 Å². The van der Waals surface area contributed by atoms with E-state index in [0.717, 1.165) is 22.5 Å². The molecule has 0 N–H and O–H groups in total. The van der Waals surface area contributed by atoms with Gasteiger partial charge >= 0.3 is 0 Å². The fourth-order valence-electron chi connectivity index (χ4n) is 2.42. The number of nitrogens with zero attached hydrogens (tertiary/aromatic N) is 3. The van der Waals surface area contributed by atoms with E-state index >= 15 is 0 Å². The molecule has 94 valence electrons. The number of benzene rings is 1. The number of imidazole rings is 2. The van der Waals surface area contributed by atoms with Crippen molar-refractivity contribution >= 4 is 35.0 Å². The minimum Gasteiger partial charge on any atom is -0.313 e. The number of carbonyl (C=O) groups is 1. The first-order valence-electron chi connectivity index (χ1n) is 5.54. The summed E-state index contributed by atoms with van der Waals surface area (Å²) in [6.45, 7) is 3.46. The van der Waals surface area contributed by atoms with Crippen LogP contribution in [0, 0.1) is 6.92 Å². The second kappa shape index (κ2) is 4.14. The van der Waals surface area contributed by atoms with Crippen LogP contribution in [-0.4, -0.2) is 19.7 Å². The van der Waals surface area contributed by atoms with E-state index in [-0.39, 0.29) is 18.2 Å². The first-order valence-corrected chi connectivity index (χ1v) is 5.54. The zero-order chi connectivity index (χ0) is 12.2. The molecule has 0 saturated heterocycles. The van der Waals surface area contributed by atoms with Crippen LogP contribution in [0.5, 0.6) is 0 Å². The molecule has 5 heteroatoms. The third kappa shape index (κ3) is 1.46. The minimum absolute atomic E-state index is 0. The van der Waals surface area contributed by atoms with Crippen molar-refractivity contribution < 1.29 is 4.79 Å². The molecule has 0 aliphatic carbocycles. The molecule has 0 aliphatic heterocycles. The van der Waals surface area contributed by atoms with Crippen LogP contribution in [-0.2, 0) is 7.05 Å². The zero-order valence-corrected chi connectivity index (χ0v) is 11.3. The second-order valence-corrected chi connectivity index (χ2v) is 4.29. The molecular weight excluding hydrogens is 250 g/mol. The third-order valence-electron chi connectivity index (χ3n) is 3.15. The maximum absolute atomic E-state index is 11.7. The normalized spacial score (nSPS) is 10.8. The molecule has 0 fully saturated rings. The summed E-state index contributed by atoms with van der Waals surface area (Å²) in [5, 5.41) is 0. The Hall–Kier alpha value is -1.81. The molecule has 0 saturated carbocycles. The van der Waals surface area contributed by atoms with Crippen molar-refractivity contribution in [2.24, 2.45) is 7.05 Å². The van der Waals surface area contributed by atoms with Gasteiger partial charge in [0.1, 0.15) is 5.69 Å². The van der Waals surface area contributed by atoms with Crippen LogP contribution < -0.4 is 0 Å². The van der Waals surface area contributed by atoms with Crippen molar-refractivity contribution in [1.29, 1.82) is 0 Å². The largest absolute Gasteiger partial charge is 0.313 e. The van der Waals surface area contributed by atoms with Gasteiger partial charge in [0, 0.05) is 14.0 Å². The van der Waals surface area contributed by atoms with E-state index in [1.54, 1.807) is 6.92 Å². The topological polar surface area (TPSA) is 39.3 Å². The Bertz CT molecular complexity index is 754. The predicted molar refractivity (Wildman–Crippen MR) is 73.7 cm³/mol. The van der Waals surface area contributed by atoms with Crippen molar-refractivity contribution in [1.82, 2.24) is 14.0 Å². The van der Waals surface area contributed by atoms with Gasteiger partial charge in [-0.05, 0) is 19.1 Å². The molecule has 0 amide bonds. The number of rotatable bonds is 1. The Morgan fingerprint density at radius 2 is 1.83 bits per heavy atom. The van der Waals surface area contributed by atoms with Crippen molar-refractivity contribution in [2.75, 3.05) is 0 Å². The molecule has 0 atom stereocenters. The van der Waals surface area contributed by atoms with Crippen LogP contribution in [0.2, 0.25) is 0 Å². The Labute approximate surface area is 111 Å². The lowest BCUT2D eigenvalue weighted by molar-refractivity contribution is 0.101. The van der Waals surface area contributed by atoms with Crippen LogP contribution >= 0.6 is 12.4 Å². The molecule has 4 nitrogen and oxygen atoms in total. The summed E-state index contributed by atoms with van der Waals surface area (Å²) < 4.78 is 3.95. The van der Waals surface area contributed by atoms with Gasteiger partial charge in [-0.1, -0.05) is 12.1 Å². The van der Waals surface area contributed by atoms with Crippen LogP contribution in [0.3, 0.4) is 0 Å². The lowest BCUT2D eigenvalue weighted by atomic mass is 10.2. The Morgan fingerprint density at radius 1 is 1.22 bits per heavy atom. The highest BCUT2D eigenvalue weighted by atomic mass is 35.5. The number of aromatic nitrogens is 3. The van der Waals surface area contributed by atoms with Gasteiger partial charge in [0.15, 0.2) is 5.78 Å². The van der Waals surface area contributed by atoms with E-state index in [9.17, 15) is 4.79 Å². The second-order valence-electron chi connectivity index (χ2n) is 4.29. The summed E-state index contributed by atoms with van der Waals surface area (Å²) in [4.78, 5) is 16.2. The van der Waals surface area contributed by atoms with Crippen LogP contribution in [0.25, 0.3) is 16.8 Å². The van der Waals surface area contributed by atoms with Crippen LogP contribution in [0.1, 0.15) is 23.1 Å². The number of para-hydroxylation sites is 2. The van der Waals surface area contributed by atoms with Gasteiger partial charge < -0.3 is 4.57 Å². The molecule has 2 heterocycles. The first kappa shape index (κ1) is 12.6. The monoisotopic (exact) mass is 263 g/mol. The molecule has 3 aromatic rings. The summed E-state index contributed by atoms with van der Waals surface area (Å²) in [6.07, 6.45) is 0. The van der Waals surface area contributed by atoms with Gasteiger partial charge in [0.05, 0.1) is 16.7 Å². The Morgan fingerprint density at radius 3 is 2.44 bits per heavy atom. The standard InChI is InChI=1S/C13H13N3O.ClH/c1-8-12(9(2)17)16-11-7-5-4-6-10(11)15(3)13(16)14-8;/h4-7H,1-3H3;1H. The van der Waals surface area contributed by atoms with Gasteiger partial charge in [-0.3, -0.25) is 9.20 Å². The predicted octanol–water partition coefficient (Wildman–Crippen LogP) is 2.76. The number of hydrogen-bond acceptors (Lipinski definition) is 2. The lowest BCUT2D eigenvalue weighted by Gasteiger charge is -1.97. The van der Waals surface area contributed by atoms with Gasteiger partial charge in [-0.25, -0.2) is 4.98 Å². The van der Waals surface area contributed by atoms with Gasteiger partial charge in [-0.2, -0.15) is 0 Å². The quantitative estimate of drug-likeness (QED) is 0.634. The average Bonchev–Trinajstić information content (AvgIpc) is 2.76. The van der Waals surface area contributed by atoms with E-state index < -0.39 is 0 Å². The highest BCUT2D eigenvalue weighted by Crippen LogP contribution is 2.23. The van der Waals surface area contributed by atoms with Gasteiger partial charge in [0.25, 0.3) is 0 Å². The van der Waals surface area contributed by atoms with Crippen molar-refractivity contribution in [2.45, 2.75) is 13.8 Å². The summed E-state index contributed by atoms with van der Waals surface area (Å²) in [6, 6.07) is 8.00. The molecule has 0 unspecified atom stereocenters. The highest BCUT2D eigenvalue weighted by molar-refractivity contribution is 5.97. The number of halogens is 1. The van der Waals surface area contributed by atoms with Crippen LogP contribution in [0.15, 0.2) is 24.3 Å². The molecule has 0 radical (unpaired) electrons. The smallest absolute Gasteiger partial charge is 0.215 e. The maximum atomic E-state index is 11.7. The zero-order valence-electron chi connectivity index (χ0n) is 10.5. The molecule has 0 aliphatic rings. The number of ketones is 1. The highest BCUT2D eigenvalue weighted by Gasteiger charge is 2.18. The molecular formula is C13H14ClN3O. The summed E-state index contributed by atoms with van der Waals surface area (Å²) in [5.41, 5.74) is 3.57.